The summed E-state index contributed by atoms with van der Waals surface area (Å²) in [6.07, 6.45) is -5.99. The zero-order valence-electron chi connectivity index (χ0n) is 17.6. The van der Waals surface area contributed by atoms with E-state index in [2.05, 4.69) is 4.98 Å². The maximum atomic E-state index is 14.3. The van der Waals surface area contributed by atoms with Gasteiger partial charge in [0.1, 0.15) is 11.6 Å². The molecule has 0 amide bonds. The SMILES string of the molecule is N#CC(Cl)(C(=O)C(COc1ncc(C(F)(F)F)cc1Cl)Oc1ccccc1F)c1ccc(Cl)cc1Cl. The summed E-state index contributed by atoms with van der Waals surface area (Å²) in [6, 6.07) is 11.2. The predicted molar refractivity (Wildman–Crippen MR) is 125 cm³/mol. The molecule has 0 fully saturated rings. The van der Waals surface area contributed by atoms with Crippen molar-refractivity contribution in [2.45, 2.75) is 17.2 Å². The van der Waals surface area contributed by atoms with Gasteiger partial charge in [-0.25, -0.2) is 9.37 Å². The quantitative estimate of drug-likeness (QED) is 0.207. The van der Waals surface area contributed by atoms with Gasteiger partial charge in [-0.1, -0.05) is 64.6 Å². The Morgan fingerprint density at radius 3 is 2.36 bits per heavy atom. The minimum absolute atomic E-state index is 0.106. The van der Waals surface area contributed by atoms with Crippen LogP contribution in [-0.4, -0.2) is 23.5 Å². The molecule has 0 N–H and O–H groups in total. The van der Waals surface area contributed by atoms with Crippen LogP contribution in [-0.2, 0) is 15.8 Å². The normalized spacial score (nSPS) is 13.9. The largest absolute Gasteiger partial charge is 0.476 e. The third-order valence-corrected chi connectivity index (χ3v) is 5.99. The van der Waals surface area contributed by atoms with Crippen LogP contribution in [0.1, 0.15) is 11.1 Å². The van der Waals surface area contributed by atoms with E-state index in [0.717, 1.165) is 6.07 Å². The van der Waals surface area contributed by atoms with Crippen LogP contribution < -0.4 is 9.47 Å². The van der Waals surface area contributed by atoms with Gasteiger partial charge in [0, 0.05) is 21.8 Å². The topological polar surface area (TPSA) is 72.2 Å². The monoisotopic (exact) mass is 580 g/mol. The average Bonchev–Trinajstić information content (AvgIpc) is 2.82. The molecule has 3 aromatic rings. The minimum atomic E-state index is -4.70. The fraction of sp³-hybridized carbons (Fsp3) is 0.174. The summed E-state index contributed by atoms with van der Waals surface area (Å²) in [5, 5.41) is 9.39. The number of benzene rings is 2. The predicted octanol–water partition coefficient (Wildman–Crippen LogP) is 7.25. The van der Waals surface area contributed by atoms with Crippen LogP contribution in [0, 0.1) is 17.1 Å². The number of carbonyl (C=O) groups excluding carboxylic acids is 1. The maximum absolute atomic E-state index is 14.3. The van der Waals surface area contributed by atoms with E-state index in [1.165, 1.54) is 36.4 Å². The van der Waals surface area contributed by atoms with Gasteiger partial charge in [0.15, 0.2) is 17.7 Å². The molecule has 13 heteroatoms. The van der Waals surface area contributed by atoms with Crippen molar-refractivity contribution in [3.05, 3.63) is 86.7 Å². The molecular weight excluding hydrogens is 570 g/mol. The number of aromatic nitrogens is 1. The number of Topliss-reactive ketones (excluding diaryl/α,β-unsaturated/α-hetero) is 1. The summed E-state index contributed by atoms with van der Waals surface area (Å²) in [6.45, 7) is -0.757. The number of hydrogen-bond acceptors (Lipinski definition) is 5. The Labute approximate surface area is 222 Å². The second-order valence-corrected chi connectivity index (χ2v) is 8.93. The highest BCUT2D eigenvalue weighted by Gasteiger charge is 2.46. The first-order valence-electron chi connectivity index (χ1n) is 9.73. The number of alkyl halides is 4. The summed E-state index contributed by atoms with van der Waals surface area (Å²) in [4.78, 5) is 14.5. The molecule has 0 aliphatic heterocycles. The van der Waals surface area contributed by atoms with Crippen LogP contribution in [0.4, 0.5) is 17.6 Å². The third-order valence-electron chi connectivity index (χ3n) is 4.70. The second kappa shape index (κ2) is 11.1. The van der Waals surface area contributed by atoms with E-state index in [9.17, 15) is 27.6 Å². The molecule has 0 aliphatic rings. The Bertz CT molecular complexity index is 1330. The second-order valence-electron chi connectivity index (χ2n) is 7.12. The Hall–Kier alpha value is -2.77. The lowest BCUT2D eigenvalue weighted by atomic mass is 9.92. The van der Waals surface area contributed by atoms with Gasteiger partial charge in [-0.05, 0) is 30.3 Å². The van der Waals surface area contributed by atoms with Crippen molar-refractivity contribution in [2.24, 2.45) is 0 Å². The van der Waals surface area contributed by atoms with Crippen molar-refractivity contribution in [2.75, 3.05) is 6.61 Å². The van der Waals surface area contributed by atoms with Crippen LogP contribution in [0.3, 0.4) is 0 Å². The van der Waals surface area contributed by atoms with Crippen molar-refractivity contribution < 1.29 is 31.8 Å². The highest BCUT2D eigenvalue weighted by atomic mass is 35.5. The van der Waals surface area contributed by atoms with Crippen LogP contribution in [0.2, 0.25) is 15.1 Å². The number of pyridine rings is 1. The average molecular weight is 582 g/mol. The molecule has 5 nitrogen and oxygen atoms in total. The van der Waals surface area contributed by atoms with Crippen molar-refractivity contribution in [3.63, 3.8) is 0 Å². The lowest BCUT2D eigenvalue weighted by molar-refractivity contribution is -0.137. The van der Waals surface area contributed by atoms with E-state index in [-0.39, 0.29) is 21.4 Å². The molecule has 2 aromatic carbocycles. The molecule has 0 spiro atoms. The first-order chi connectivity index (χ1) is 16.9. The highest BCUT2D eigenvalue weighted by Crippen LogP contribution is 2.38. The summed E-state index contributed by atoms with van der Waals surface area (Å²) >= 11 is 24.3. The molecule has 3 rings (SSSR count). The zero-order chi connectivity index (χ0) is 26.7. The number of nitriles is 1. The first kappa shape index (κ1) is 27.8. The van der Waals surface area contributed by atoms with E-state index in [4.69, 9.17) is 55.9 Å². The van der Waals surface area contributed by atoms with E-state index < -0.39 is 51.8 Å². The molecule has 0 saturated heterocycles. The van der Waals surface area contributed by atoms with Crippen LogP contribution in [0.15, 0.2) is 54.7 Å². The number of nitrogens with zero attached hydrogens (tertiary/aromatic N) is 2. The number of rotatable bonds is 8. The molecule has 36 heavy (non-hydrogen) atoms. The number of ether oxygens (including phenoxy) is 2. The number of ketones is 1. The van der Waals surface area contributed by atoms with Crippen molar-refractivity contribution in [1.82, 2.24) is 4.98 Å². The number of halogens is 8. The van der Waals surface area contributed by atoms with Crippen LogP contribution in [0.5, 0.6) is 11.6 Å². The number of para-hydroxylation sites is 1. The van der Waals surface area contributed by atoms with Gasteiger partial charge in [0.05, 0.1) is 11.6 Å². The zero-order valence-corrected chi connectivity index (χ0v) is 20.6. The summed E-state index contributed by atoms with van der Waals surface area (Å²) in [5.74, 6) is -2.81. The summed E-state index contributed by atoms with van der Waals surface area (Å²) in [5.41, 5.74) is -1.26. The molecule has 2 unspecified atom stereocenters. The van der Waals surface area contributed by atoms with Crippen molar-refractivity contribution >= 4 is 52.2 Å². The summed E-state index contributed by atoms with van der Waals surface area (Å²) < 4.78 is 63.7. The van der Waals surface area contributed by atoms with Gasteiger partial charge in [-0.15, -0.1) is 0 Å². The van der Waals surface area contributed by atoms with Gasteiger partial charge < -0.3 is 9.47 Å². The number of hydrogen-bond donors (Lipinski definition) is 0. The van der Waals surface area contributed by atoms with E-state index in [1.54, 1.807) is 6.07 Å². The van der Waals surface area contributed by atoms with Crippen LogP contribution >= 0.6 is 46.4 Å². The number of carbonyl (C=O) groups is 1. The smallest absolute Gasteiger partial charge is 0.417 e. The molecule has 0 radical (unpaired) electrons. The molecule has 0 aliphatic carbocycles. The van der Waals surface area contributed by atoms with Gasteiger partial charge in [-0.2, -0.15) is 18.4 Å². The fourth-order valence-corrected chi connectivity index (χ4v) is 4.04. The molecule has 0 bridgehead atoms. The lowest BCUT2D eigenvalue weighted by Gasteiger charge is -2.26. The fourth-order valence-electron chi connectivity index (χ4n) is 2.94. The maximum Gasteiger partial charge on any atom is 0.417 e. The first-order valence-corrected chi connectivity index (χ1v) is 11.2. The molecular formula is C23H12Cl4F4N2O3. The standard InChI is InChI=1S/C23H12Cl4F4N2O3/c24-13-5-6-14(15(25)8-13)22(27,11-32)20(34)19(36-18-4-2-1-3-17(18)28)10-35-21-16(26)7-12(9-33-21)23(29,30)31/h1-9,19H,10H2. The van der Waals surface area contributed by atoms with Gasteiger partial charge in [0.25, 0.3) is 0 Å². The Balaban J connectivity index is 1.97. The van der Waals surface area contributed by atoms with Gasteiger partial charge >= 0.3 is 6.18 Å². The minimum Gasteiger partial charge on any atom is -0.476 e. The van der Waals surface area contributed by atoms with E-state index in [1.807, 2.05) is 0 Å². The molecule has 0 saturated carbocycles. The summed E-state index contributed by atoms with van der Waals surface area (Å²) in [7, 11) is 0. The van der Waals surface area contributed by atoms with E-state index in [0.29, 0.717) is 12.3 Å². The molecule has 2 atom stereocenters. The van der Waals surface area contributed by atoms with E-state index >= 15 is 0 Å². The molecule has 1 aromatic heterocycles. The molecule has 188 valence electrons. The van der Waals surface area contributed by atoms with Gasteiger partial charge in [0.2, 0.25) is 16.5 Å². The highest BCUT2D eigenvalue weighted by molar-refractivity contribution is 6.41. The van der Waals surface area contributed by atoms with Crippen molar-refractivity contribution in [1.29, 1.82) is 5.26 Å². The lowest BCUT2D eigenvalue weighted by Crippen LogP contribution is -2.44. The third kappa shape index (κ3) is 6.13. The van der Waals surface area contributed by atoms with Crippen molar-refractivity contribution in [3.8, 4) is 17.7 Å². The van der Waals surface area contributed by atoms with Gasteiger partial charge in [-0.3, -0.25) is 4.79 Å². The van der Waals surface area contributed by atoms with Crippen LogP contribution in [0.25, 0.3) is 0 Å². The Morgan fingerprint density at radius 1 is 1.08 bits per heavy atom. The Kier molecular flexibility index (Phi) is 8.57. The molecule has 1 heterocycles. The Morgan fingerprint density at radius 2 is 1.78 bits per heavy atom.